The number of furan rings is 2. The summed E-state index contributed by atoms with van der Waals surface area (Å²) >= 11 is 0. The third kappa shape index (κ3) is 4.43. The van der Waals surface area contributed by atoms with Gasteiger partial charge < -0.3 is 8.83 Å². The van der Waals surface area contributed by atoms with Crippen LogP contribution in [-0.2, 0) is 12.8 Å². The molecule has 0 saturated heterocycles. The molecule has 0 spiro atoms. The van der Waals surface area contributed by atoms with Gasteiger partial charge in [0.15, 0.2) is 17.5 Å². The first-order valence-electron chi connectivity index (χ1n) is 16.6. The summed E-state index contributed by atoms with van der Waals surface area (Å²) in [5.41, 5.74) is 11.4. The van der Waals surface area contributed by atoms with Crippen LogP contribution in [0.3, 0.4) is 0 Å². The molecule has 9 aromatic rings. The molecule has 1 aliphatic rings. The van der Waals surface area contributed by atoms with Gasteiger partial charge in [0.2, 0.25) is 0 Å². The second kappa shape index (κ2) is 10.7. The summed E-state index contributed by atoms with van der Waals surface area (Å²) in [7, 11) is 0. The zero-order valence-corrected chi connectivity index (χ0v) is 26.1. The minimum Gasteiger partial charge on any atom is -0.456 e. The molecular weight excluding hydrogens is 590 g/mol. The van der Waals surface area contributed by atoms with E-state index in [1.165, 1.54) is 41.5 Å². The Morgan fingerprint density at radius 1 is 0.396 bits per heavy atom. The average molecular weight is 620 g/mol. The molecule has 6 aromatic carbocycles. The van der Waals surface area contributed by atoms with Crippen LogP contribution in [0.5, 0.6) is 0 Å². The maximum absolute atomic E-state index is 6.53. The molecule has 1 aliphatic carbocycles. The summed E-state index contributed by atoms with van der Waals surface area (Å²) < 4.78 is 12.7. The van der Waals surface area contributed by atoms with Gasteiger partial charge in [-0.2, -0.15) is 0 Å². The zero-order valence-electron chi connectivity index (χ0n) is 26.1. The number of hydrogen-bond donors (Lipinski definition) is 0. The summed E-state index contributed by atoms with van der Waals surface area (Å²) in [6.45, 7) is 0. The van der Waals surface area contributed by atoms with Gasteiger partial charge in [-0.05, 0) is 84.3 Å². The van der Waals surface area contributed by atoms with Gasteiger partial charge in [0.05, 0.1) is 0 Å². The lowest BCUT2D eigenvalue weighted by Crippen LogP contribution is -2.02. The van der Waals surface area contributed by atoms with Gasteiger partial charge in [-0.15, -0.1) is 0 Å². The molecule has 0 radical (unpaired) electrons. The summed E-state index contributed by atoms with van der Waals surface area (Å²) in [5, 5.41) is 4.19. The highest BCUT2D eigenvalue weighted by Gasteiger charge is 2.19. The standard InChI is InChI=1S/C43H29N3O2/c1-2-10-27(11-3-1)41-44-42(46-43(45-41)35-14-8-16-37-40(35)34-13-6-7-15-36(34)47-37)31-20-22-33-32-21-19-30(24-38(32)48-39(33)25-31)29-18-17-26-9-4-5-12-28(26)23-29/h1-3,6-8,10-11,13-25H,4-5,9,12H2. The van der Waals surface area contributed by atoms with Crippen LogP contribution in [0.15, 0.2) is 136 Å². The van der Waals surface area contributed by atoms with Crippen LogP contribution < -0.4 is 0 Å². The third-order valence-electron chi connectivity index (χ3n) is 9.72. The molecule has 0 N–H and O–H groups in total. The second-order valence-corrected chi connectivity index (χ2v) is 12.7. The topological polar surface area (TPSA) is 65.0 Å². The molecule has 0 fully saturated rings. The molecule has 3 aromatic heterocycles. The Labute approximate surface area is 276 Å². The summed E-state index contributed by atoms with van der Waals surface area (Å²) in [6, 6.07) is 43.9. The molecule has 0 saturated carbocycles. The summed E-state index contributed by atoms with van der Waals surface area (Å²) in [5.74, 6) is 1.79. The van der Waals surface area contributed by atoms with Gasteiger partial charge in [-0.1, -0.05) is 91.0 Å². The minimum atomic E-state index is 0.584. The normalized spacial score (nSPS) is 13.1. The van der Waals surface area contributed by atoms with E-state index >= 15 is 0 Å². The van der Waals surface area contributed by atoms with Crippen LogP contribution in [0.2, 0.25) is 0 Å². The Bertz CT molecular complexity index is 2690. The van der Waals surface area contributed by atoms with Crippen LogP contribution in [0.1, 0.15) is 24.0 Å². The molecule has 3 heterocycles. The fraction of sp³-hybridized carbons (Fsp3) is 0.0930. The SMILES string of the molecule is c1ccc(-c2nc(-c3ccc4c(c3)oc3cc(-c5ccc6c(c5)CCCC6)ccc34)nc(-c3cccc4oc5ccccc5c34)n2)cc1. The van der Waals surface area contributed by atoms with E-state index in [0.29, 0.717) is 17.5 Å². The molecule has 0 bridgehead atoms. The smallest absolute Gasteiger partial charge is 0.164 e. The number of para-hydroxylation sites is 1. The molecule has 48 heavy (non-hydrogen) atoms. The maximum Gasteiger partial charge on any atom is 0.164 e. The quantitative estimate of drug-likeness (QED) is 0.196. The third-order valence-corrected chi connectivity index (χ3v) is 9.72. The number of hydrogen-bond acceptors (Lipinski definition) is 5. The lowest BCUT2D eigenvalue weighted by atomic mass is 9.89. The number of aryl methyl sites for hydroxylation is 2. The van der Waals surface area contributed by atoms with Gasteiger partial charge in [-0.3, -0.25) is 0 Å². The van der Waals surface area contributed by atoms with Crippen LogP contribution in [0.4, 0.5) is 0 Å². The molecule has 10 rings (SSSR count). The highest BCUT2D eigenvalue weighted by Crippen LogP contribution is 2.38. The van der Waals surface area contributed by atoms with E-state index in [1.807, 2.05) is 60.7 Å². The van der Waals surface area contributed by atoms with Crippen molar-refractivity contribution in [3.8, 4) is 45.3 Å². The van der Waals surface area contributed by atoms with Crippen molar-refractivity contribution in [1.29, 1.82) is 0 Å². The number of rotatable bonds is 4. The Morgan fingerprint density at radius 2 is 1.02 bits per heavy atom. The van der Waals surface area contributed by atoms with Crippen LogP contribution in [0.25, 0.3) is 89.2 Å². The second-order valence-electron chi connectivity index (χ2n) is 12.7. The van der Waals surface area contributed by atoms with Crippen molar-refractivity contribution in [2.75, 3.05) is 0 Å². The van der Waals surface area contributed by atoms with Gasteiger partial charge >= 0.3 is 0 Å². The van der Waals surface area contributed by atoms with Crippen LogP contribution >= 0.6 is 0 Å². The van der Waals surface area contributed by atoms with Crippen molar-refractivity contribution in [3.05, 3.63) is 139 Å². The Hall–Kier alpha value is -6.07. The number of fused-ring (bicyclic) bond motifs is 7. The Balaban J connectivity index is 1.11. The first-order chi connectivity index (χ1) is 23.7. The molecule has 0 aliphatic heterocycles. The summed E-state index contributed by atoms with van der Waals surface area (Å²) in [6.07, 6.45) is 4.91. The first kappa shape index (κ1) is 27.1. The lowest BCUT2D eigenvalue weighted by molar-refractivity contribution is 0.668. The van der Waals surface area contributed by atoms with Crippen molar-refractivity contribution >= 4 is 43.9 Å². The average Bonchev–Trinajstić information content (AvgIpc) is 3.72. The monoisotopic (exact) mass is 619 g/mol. The van der Waals surface area contributed by atoms with E-state index in [0.717, 1.165) is 67.0 Å². The highest BCUT2D eigenvalue weighted by molar-refractivity contribution is 6.12. The number of nitrogens with zero attached hydrogens (tertiary/aromatic N) is 3. The fourth-order valence-corrected chi connectivity index (χ4v) is 7.31. The van der Waals surface area contributed by atoms with Gasteiger partial charge in [-0.25, -0.2) is 15.0 Å². The number of benzene rings is 6. The van der Waals surface area contributed by atoms with Crippen LogP contribution in [0, 0.1) is 0 Å². The molecular formula is C43H29N3O2. The van der Waals surface area contributed by atoms with E-state index in [4.69, 9.17) is 23.8 Å². The Kier molecular flexibility index (Phi) is 6.06. The maximum atomic E-state index is 6.53. The van der Waals surface area contributed by atoms with Crippen molar-refractivity contribution < 1.29 is 8.83 Å². The molecule has 0 unspecified atom stereocenters. The highest BCUT2D eigenvalue weighted by atomic mass is 16.3. The predicted molar refractivity (Wildman–Crippen MR) is 193 cm³/mol. The van der Waals surface area contributed by atoms with Crippen molar-refractivity contribution in [3.63, 3.8) is 0 Å². The fourth-order valence-electron chi connectivity index (χ4n) is 7.31. The molecule has 5 nitrogen and oxygen atoms in total. The predicted octanol–water partition coefficient (Wildman–Crippen LogP) is 11.2. The van der Waals surface area contributed by atoms with Crippen LogP contribution in [-0.4, -0.2) is 15.0 Å². The molecule has 0 amide bonds. The number of aromatic nitrogens is 3. The van der Waals surface area contributed by atoms with E-state index in [9.17, 15) is 0 Å². The molecule has 0 atom stereocenters. The molecule has 5 heteroatoms. The van der Waals surface area contributed by atoms with Crippen molar-refractivity contribution in [2.45, 2.75) is 25.7 Å². The zero-order chi connectivity index (χ0) is 31.6. The van der Waals surface area contributed by atoms with E-state index in [2.05, 4.69) is 66.7 Å². The summed E-state index contributed by atoms with van der Waals surface area (Å²) in [4.78, 5) is 15.1. The van der Waals surface area contributed by atoms with Gasteiger partial charge in [0, 0.05) is 38.2 Å². The largest absolute Gasteiger partial charge is 0.456 e. The van der Waals surface area contributed by atoms with Gasteiger partial charge in [0.25, 0.3) is 0 Å². The first-order valence-corrected chi connectivity index (χ1v) is 16.6. The van der Waals surface area contributed by atoms with E-state index in [-0.39, 0.29) is 0 Å². The molecule has 228 valence electrons. The van der Waals surface area contributed by atoms with E-state index < -0.39 is 0 Å². The van der Waals surface area contributed by atoms with Crippen molar-refractivity contribution in [2.24, 2.45) is 0 Å². The van der Waals surface area contributed by atoms with Gasteiger partial charge in [0.1, 0.15) is 22.3 Å². The van der Waals surface area contributed by atoms with Crippen molar-refractivity contribution in [1.82, 2.24) is 15.0 Å². The Morgan fingerprint density at radius 3 is 1.88 bits per heavy atom. The lowest BCUT2D eigenvalue weighted by Gasteiger charge is -2.16. The minimum absolute atomic E-state index is 0.584. The van der Waals surface area contributed by atoms with E-state index in [1.54, 1.807) is 0 Å².